The predicted octanol–water partition coefficient (Wildman–Crippen LogP) is 3.86. The van der Waals surface area contributed by atoms with Crippen molar-refractivity contribution < 1.29 is 28.6 Å². The summed E-state index contributed by atoms with van der Waals surface area (Å²) >= 11 is 0. The number of para-hydroxylation sites is 1. The fourth-order valence-corrected chi connectivity index (χ4v) is 8.62. The highest BCUT2D eigenvalue weighted by Crippen LogP contribution is 2.35. The highest BCUT2D eigenvalue weighted by Gasteiger charge is 2.40. The second kappa shape index (κ2) is 18.0. The van der Waals surface area contributed by atoms with Crippen LogP contribution >= 0.6 is 0 Å². The average molecular weight is 823 g/mol. The Bertz CT molecular complexity index is 2260. The van der Waals surface area contributed by atoms with Gasteiger partial charge in [-0.15, -0.1) is 0 Å². The number of alkyl halides is 1. The van der Waals surface area contributed by atoms with E-state index in [9.17, 15) is 19.5 Å². The van der Waals surface area contributed by atoms with Crippen molar-refractivity contribution in [2.75, 3.05) is 57.7 Å². The van der Waals surface area contributed by atoms with E-state index in [1.807, 2.05) is 36.9 Å². The monoisotopic (exact) mass is 822 g/mol. The topological polar surface area (TPSA) is 210 Å². The summed E-state index contributed by atoms with van der Waals surface area (Å²) in [6.45, 7) is 7.60. The number of hydrogen-bond donors (Lipinski definition) is 6. The Balaban J connectivity index is 0.920. The number of benzene rings is 2. The number of aryl methyl sites for hydroxylation is 1. The van der Waals surface area contributed by atoms with E-state index >= 15 is 4.39 Å². The normalized spacial score (nSPS) is 20.9. The Morgan fingerprint density at radius 2 is 1.78 bits per heavy atom. The SMILES string of the molecule is Cc1cn(C2CCN(CC3(F)CCN(C(=O)c4ccc(C5CN(C(/C=C(\N)c6ccccc6O)=C(N)N)CC(C)O5)cc4)CC3)C2)c2ncc(NC(=O)CCNC=O)cc12. The first kappa shape index (κ1) is 42.0. The van der Waals surface area contributed by atoms with E-state index in [2.05, 4.69) is 31.3 Å². The second-order valence-corrected chi connectivity index (χ2v) is 16.2. The molecule has 16 heteroatoms. The standard InChI is InChI=1S/C44H55FN10O5/c1-28-22-55(42-35(28)19-32(21-50-42)51-40(58)11-15-49-27-56)33-12-16-52(24-33)26-44(45)13-17-53(18-14-44)43(59)31-9-7-30(8-10-31)39-25-54(23-29(2)60-39)37(41(47)48)20-36(46)34-5-3-4-6-38(34)57/h3-10,19-22,27,29,33,39,57H,11-18,23-26,46-48H2,1-2H3,(H,49,56)(H,51,58)/b36-20-. The van der Waals surface area contributed by atoms with Gasteiger partial charge in [0.15, 0.2) is 0 Å². The molecule has 9 N–H and O–H groups in total. The first-order valence-electron chi connectivity index (χ1n) is 20.5. The largest absolute Gasteiger partial charge is 0.507 e. The fraction of sp³-hybridized carbons (Fsp3) is 0.409. The number of carbonyl (C=O) groups is 3. The van der Waals surface area contributed by atoms with Crippen molar-refractivity contribution in [1.82, 2.24) is 29.6 Å². The molecule has 0 aliphatic carbocycles. The molecule has 3 saturated heterocycles. The number of phenols is 1. The van der Waals surface area contributed by atoms with Crippen LogP contribution in [0.15, 0.2) is 84.6 Å². The number of pyridine rings is 1. The molecule has 2 aromatic heterocycles. The molecule has 7 rings (SSSR count). The zero-order chi connectivity index (χ0) is 42.6. The van der Waals surface area contributed by atoms with Gasteiger partial charge in [-0.3, -0.25) is 19.3 Å². The number of nitrogens with zero attached hydrogens (tertiary/aromatic N) is 5. The van der Waals surface area contributed by atoms with Crippen molar-refractivity contribution in [2.45, 2.75) is 63.4 Å². The van der Waals surface area contributed by atoms with E-state index in [4.69, 9.17) is 21.9 Å². The zero-order valence-electron chi connectivity index (χ0n) is 34.1. The summed E-state index contributed by atoms with van der Waals surface area (Å²) in [6.07, 6.45) is 6.98. The first-order valence-corrected chi connectivity index (χ1v) is 20.5. The van der Waals surface area contributed by atoms with Gasteiger partial charge in [0.2, 0.25) is 12.3 Å². The third kappa shape index (κ3) is 9.50. The number of nitrogens with two attached hydrogens (primary N) is 3. The Labute approximate surface area is 349 Å². The van der Waals surface area contributed by atoms with Gasteiger partial charge < -0.3 is 52.0 Å². The molecular weight excluding hydrogens is 768 g/mol. The lowest BCUT2D eigenvalue weighted by molar-refractivity contribution is -0.116. The van der Waals surface area contributed by atoms with Crippen LogP contribution in [0.5, 0.6) is 5.75 Å². The van der Waals surface area contributed by atoms with Crippen LogP contribution in [0.1, 0.15) is 71.8 Å². The van der Waals surface area contributed by atoms with Crippen LogP contribution in [0, 0.1) is 6.92 Å². The molecule has 5 heterocycles. The molecule has 4 aromatic rings. The minimum atomic E-state index is -1.40. The van der Waals surface area contributed by atoms with Crippen LogP contribution in [0.4, 0.5) is 10.1 Å². The summed E-state index contributed by atoms with van der Waals surface area (Å²) in [5.41, 5.74) is 22.4. The van der Waals surface area contributed by atoms with Gasteiger partial charge in [0.05, 0.1) is 23.7 Å². The number of anilines is 1. The second-order valence-electron chi connectivity index (χ2n) is 16.2. The van der Waals surface area contributed by atoms with Crippen LogP contribution < -0.4 is 27.8 Å². The number of rotatable bonds is 13. The van der Waals surface area contributed by atoms with Crippen LogP contribution in [0.3, 0.4) is 0 Å². The number of phenolic OH excluding ortho intramolecular Hbond substituents is 1. The van der Waals surface area contributed by atoms with Crippen LogP contribution in [0.2, 0.25) is 0 Å². The van der Waals surface area contributed by atoms with Crippen molar-refractivity contribution >= 4 is 40.6 Å². The van der Waals surface area contributed by atoms with E-state index < -0.39 is 5.67 Å². The fourth-order valence-electron chi connectivity index (χ4n) is 8.62. The van der Waals surface area contributed by atoms with Crippen LogP contribution in [-0.4, -0.2) is 112 Å². The summed E-state index contributed by atoms with van der Waals surface area (Å²) in [5.74, 6) is -0.198. The molecule has 3 aliphatic heterocycles. The molecule has 0 bridgehead atoms. The van der Waals surface area contributed by atoms with Gasteiger partial charge in [-0.05, 0) is 67.8 Å². The molecule has 3 unspecified atom stereocenters. The first-order chi connectivity index (χ1) is 28.8. The van der Waals surface area contributed by atoms with Crippen molar-refractivity contribution in [3.8, 4) is 5.75 Å². The van der Waals surface area contributed by atoms with Gasteiger partial charge in [-0.1, -0.05) is 24.3 Å². The Morgan fingerprint density at radius 3 is 2.50 bits per heavy atom. The summed E-state index contributed by atoms with van der Waals surface area (Å²) in [5, 5.41) is 16.6. The Hall–Kier alpha value is -6.13. The lowest BCUT2D eigenvalue weighted by Crippen LogP contribution is -2.49. The van der Waals surface area contributed by atoms with E-state index in [0.29, 0.717) is 73.9 Å². The summed E-state index contributed by atoms with van der Waals surface area (Å²) in [7, 11) is 0. The number of hydrogen-bond acceptors (Lipinski definition) is 11. The van der Waals surface area contributed by atoms with Gasteiger partial charge in [0, 0.05) is 106 Å². The number of nitrogens with one attached hydrogen (secondary N) is 2. The predicted molar refractivity (Wildman–Crippen MR) is 228 cm³/mol. The molecular formula is C44H55FN10O5. The molecule has 3 fully saturated rings. The van der Waals surface area contributed by atoms with Gasteiger partial charge in [-0.2, -0.15) is 0 Å². The van der Waals surface area contributed by atoms with E-state index in [1.165, 1.54) is 0 Å². The Morgan fingerprint density at radius 1 is 1.03 bits per heavy atom. The quantitative estimate of drug-likeness (QED) is 0.0648. The molecule has 0 radical (unpaired) electrons. The molecule has 0 saturated carbocycles. The van der Waals surface area contributed by atoms with Crippen LogP contribution in [0.25, 0.3) is 16.7 Å². The third-order valence-electron chi connectivity index (χ3n) is 11.8. The number of amides is 3. The lowest BCUT2D eigenvalue weighted by atomic mass is 9.92. The van der Waals surface area contributed by atoms with Gasteiger partial charge >= 0.3 is 0 Å². The Kier molecular flexibility index (Phi) is 12.6. The number of halogens is 1. The third-order valence-corrected chi connectivity index (χ3v) is 11.8. The van der Waals surface area contributed by atoms with Gasteiger partial charge in [0.1, 0.15) is 29.0 Å². The summed E-state index contributed by atoms with van der Waals surface area (Å²) in [4.78, 5) is 47.0. The highest BCUT2D eigenvalue weighted by atomic mass is 19.1. The number of piperidine rings is 1. The number of allylic oxidation sites excluding steroid dienone is 1. The maximum atomic E-state index is 16.4. The summed E-state index contributed by atoms with van der Waals surface area (Å²) < 4.78 is 24.9. The summed E-state index contributed by atoms with van der Waals surface area (Å²) in [6, 6.07) is 16.2. The molecule has 3 aliphatic rings. The minimum absolute atomic E-state index is 0.0511. The number of aromatic nitrogens is 2. The lowest BCUT2D eigenvalue weighted by Gasteiger charge is -2.39. The van der Waals surface area contributed by atoms with Crippen molar-refractivity contribution in [3.63, 3.8) is 0 Å². The number of fused-ring (bicyclic) bond motifs is 1. The maximum absolute atomic E-state index is 16.4. The van der Waals surface area contributed by atoms with Gasteiger partial charge in [-0.25, -0.2) is 9.37 Å². The molecule has 0 spiro atoms. The number of aromatic hydroxyl groups is 1. The van der Waals surface area contributed by atoms with E-state index in [1.54, 1.807) is 53.6 Å². The zero-order valence-corrected chi connectivity index (χ0v) is 34.1. The smallest absolute Gasteiger partial charge is 0.253 e. The molecule has 2 aromatic carbocycles. The number of morpholine rings is 1. The van der Waals surface area contributed by atoms with Crippen molar-refractivity contribution in [1.29, 1.82) is 0 Å². The minimum Gasteiger partial charge on any atom is -0.507 e. The molecule has 60 heavy (non-hydrogen) atoms. The molecule has 318 valence electrons. The van der Waals surface area contributed by atoms with E-state index in [-0.39, 0.29) is 67.4 Å². The van der Waals surface area contributed by atoms with Crippen LogP contribution in [-0.2, 0) is 14.3 Å². The van der Waals surface area contributed by atoms with Crippen molar-refractivity contribution in [2.24, 2.45) is 17.2 Å². The molecule has 15 nitrogen and oxygen atoms in total. The van der Waals surface area contributed by atoms with Gasteiger partial charge in [0.25, 0.3) is 5.91 Å². The van der Waals surface area contributed by atoms with Crippen molar-refractivity contribution in [3.05, 3.63) is 107 Å². The molecule has 3 atom stereocenters. The average Bonchev–Trinajstić information content (AvgIpc) is 3.82. The number of ether oxygens (including phenoxy) is 1. The van der Waals surface area contributed by atoms with E-state index in [0.717, 1.165) is 35.1 Å². The molecule has 3 amide bonds. The maximum Gasteiger partial charge on any atom is 0.253 e. The number of likely N-dealkylation sites (tertiary alicyclic amines) is 2. The highest BCUT2D eigenvalue weighted by molar-refractivity contribution is 5.94. The number of carbonyl (C=O) groups excluding carboxylic acids is 3.